The second kappa shape index (κ2) is 4.87. The van der Waals surface area contributed by atoms with E-state index >= 15 is 0 Å². The molecule has 0 aromatic carbocycles. The maximum atomic E-state index is 5.83. The van der Waals surface area contributed by atoms with Crippen molar-refractivity contribution < 1.29 is 0 Å². The molecule has 2 rings (SSSR count). The molecule has 0 aliphatic carbocycles. The molecule has 2 heterocycles. The molecule has 1 aliphatic heterocycles. The molecule has 0 spiro atoms. The zero-order valence-electron chi connectivity index (χ0n) is 10.8. The predicted molar refractivity (Wildman–Crippen MR) is 70.1 cm³/mol. The predicted octanol–water partition coefficient (Wildman–Crippen LogP) is 0.898. The Bertz CT molecular complexity index is 392. The Morgan fingerprint density at radius 2 is 2.24 bits per heavy atom. The van der Waals surface area contributed by atoms with Crippen molar-refractivity contribution in [2.75, 3.05) is 37.8 Å². The Morgan fingerprint density at radius 1 is 1.47 bits per heavy atom. The van der Waals surface area contributed by atoms with Crippen molar-refractivity contribution in [1.29, 1.82) is 0 Å². The lowest BCUT2D eigenvalue weighted by atomic mass is 10.0. The van der Waals surface area contributed by atoms with Crippen LogP contribution in [0.1, 0.15) is 18.4 Å². The molecular weight excluding hydrogens is 214 g/mol. The van der Waals surface area contributed by atoms with Gasteiger partial charge in [-0.05, 0) is 33.4 Å². The van der Waals surface area contributed by atoms with Gasteiger partial charge in [-0.3, -0.25) is 0 Å². The van der Waals surface area contributed by atoms with Gasteiger partial charge in [0.25, 0.3) is 0 Å². The van der Waals surface area contributed by atoms with Crippen LogP contribution in [0.25, 0.3) is 0 Å². The minimum absolute atomic E-state index is 0.516. The Kier molecular flexibility index (Phi) is 3.47. The van der Waals surface area contributed by atoms with Gasteiger partial charge in [-0.1, -0.05) is 0 Å². The summed E-state index contributed by atoms with van der Waals surface area (Å²) in [6.07, 6.45) is 4.00. The van der Waals surface area contributed by atoms with Gasteiger partial charge in [0.2, 0.25) is 0 Å². The highest BCUT2D eigenvalue weighted by Gasteiger charge is 2.23. The average molecular weight is 235 g/mol. The van der Waals surface area contributed by atoms with Crippen molar-refractivity contribution in [3.8, 4) is 0 Å². The topological polar surface area (TPSA) is 58.3 Å². The Morgan fingerprint density at radius 3 is 2.94 bits per heavy atom. The molecule has 1 aromatic heterocycles. The van der Waals surface area contributed by atoms with E-state index in [4.69, 9.17) is 5.73 Å². The zero-order valence-corrected chi connectivity index (χ0v) is 10.8. The Hall–Kier alpha value is -1.36. The van der Waals surface area contributed by atoms with Gasteiger partial charge in [0.05, 0.1) is 0 Å². The van der Waals surface area contributed by atoms with Crippen LogP contribution >= 0.6 is 0 Å². The molecule has 0 bridgehead atoms. The lowest BCUT2D eigenvalue weighted by Crippen LogP contribution is -2.45. The minimum atomic E-state index is 0.516. The number of nitrogen functional groups attached to an aromatic ring is 1. The van der Waals surface area contributed by atoms with Crippen molar-refractivity contribution in [2.24, 2.45) is 0 Å². The van der Waals surface area contributed by atoms with E-state index in [1.807, 2.05) is 6.92 Å². The number of hydrogen-bond acceptors (Lipinski definition) is 5. The molecule has 0 radical (unpaired) electrons. The first-order valence-electron chi connectivity index (χ1n) is 6.08. The average Bonchev–Trinajstić information content (AvgIpc) is 2.32. The SMILES string of the molecule is Cc1c(N)ncnc1N(C)C1CCCN(C)C1. The van der Waals surface area contributed by atoms with Crippen LogP contribution in [-0.4, -0.2) is 48.1 Å². The number of rotatable bonds is 2. The second-order valence-corrected chi connectivity index (χ2v) is 4.88. The van der Waals surface area contributed by atoms with E-state index in [-0.39, 0.29) is 0 Å². The summed E-state index contributed by atoms with van der Waals surface area (Å²) in [6.45, 7) is 4.25. The molecule has 1 aromatic rings. The number of likely N-dealkylation sites (N-methyl/N-ethyl adjacent to an activating group) is 2. The number of likely N-dealkylation sites (tertiary alicyclic amines) is 1. The van der Waals surface area contributed by atoms with E-state index in [0.29, 0.717) is 11.9 Å². The Labute approximate surface area is 103 Å². The highest BCUT2D eigenvalue weighted by Crippen LogP contribution is 2.23. The smallest absolute Gasteiger partial charge is 0.137 e. The first-order valence-corrected chi connectivity index (χ1v) is 6.08. The first-order chi connectivity index (χ1) is 8.09. The molecule has 5 heteroatoms. The van der Waals surface area contributed by atoms with Crippen LogP contribution in [-0.2, 0) is 0 Å². The Balaban J connectivity index is 2.18. The third-order valence-electron chi connectivity index (χ3n) is 3.58. The fraction of sp³-hybridized carbons (Fsp3) is 0.667. The molecule has 1 fully saturated rings. The molecule has 5 nitrogen and oxygen atoms in total. The highest BCUT2D eigenvalue weighted by molar-refractivity contribution is 5.55. The van der Waals surface area contributed by atoms with Crippen LogP contribution < -0.4 is 10.6 Å². The summed E-state index contributed by atoms with van der Waals surface area (Å²) in [5, 5.41) is 0. The molecule has 1 unspecified atom stereocenters. The molecule has 0 saturated carbocycles. The standard InChI is InChI=1S/C12H21N5/c1-9-11(13)14-8-15-12(9)17(3)10-5-4-6-16(2)7-10/h8,10H,4-7H2,1-3H3,(H2,13,14,15). The number of anilines is 2. The molecule has 2 N–H and O–H groups in total. The molecule has 1 saturated heterocycles. The van der Waals surface area contributed by atoms with Gasteiger partial charge < -0.3 is 15.5 Å². The molecule has 1 atom stereocenters. The van der Waals surface area contributed by atoms with Gasteiger partial charge in [-0.2, -0.15) is 0 Å². The lowest BCUT2D eigenvalue weighted by molar-refractivity contribution is 0.247. The van der Waals surface area contributed by atoms with Crippen molar-refractivity contribution in [3.63, 3.8) is 0 Å². The maximum absolute atomic E-state index is 5.83. The number of piperidine rings is 1. The molecule has 0 amide bonds. The fourth-order valence-electron chi connectivity index (χ4n) is 2.44. The van der Waals surface area contributed by atoms with Gasteiger partial charge in [0.1, 0.15) is 18.0 Å². The molecule has 94 valence electrons. The molecular formula is C12H21N5. The van der Waals surface area contributed by atoms with Crippen LogP contribution in [0.3, 0.4) is 0 Å². The quantitative estimate of drug-likeness (QED) is 0.825. The van der Waals surface area contributed by atoms with Crippen LogP contribution in [0.4, 0.5) is 11.6 Å². The summed E-state index contributed by atoms with van der Waals surface area (Å²) in [5.41, 5.74) is 6.80. The summed E-state index contributed by atoms with van der Waals surface area (Å²) in [7, 11) is 4.26. The van der Waals surface area contributed by atoms with Crippen molar-refractivity contribution in [2.45, 2.75) is 25.8 Å². The van der Waals surface area contributed by atoms with Gasteiger partial charge in [0, 0.05) is 25.2 Å². The number of aromatic nitrogens is 2. The first kappa shape index (κ1) is 12.1. The van der Waals surface area contributed by atoms with Crippen molar-refractivity contribution >= 4 is 11.6 Å². The van der Waals surface area contributed by atoms with Gasteiger partial charge in [-0.25, -0.2) is 9.97 Å². The molecule has 17 heavy (non-hydrogen) atoms. The van der Waals surface area contributed by atoms with E-state index in [2.05, 4.69) is 33.9 Å². The van der Waals surface area contributed by atoms with Crippen LogP contribution in [0.15, 0.2) is 6.33 Å². The fourth-order valence-corrected chi connectivity index (χ4v) is 2.44. The molecule has 1 aliphatic rings. The van der Waals surface area contributed by atoms with E-state index in [0.717, 1.165) is 17.9 Å². The zero-order chi connectivity index (χ0) is 12.4. The number of nitrogens with two attached hydrogens (primary N) is 1. The van der Waals surface area contributed by atoms with Gasteiger partial charge >= 0.3 is 0 Å². The van der Waals surface area contributed by atoms with Crippen LogP contribution in [0.5, 0.6) is 0 Å². The van der Waals surface area contributed by atoms with Crippen molar-refractivity contribution in [3.05, 3.63) is 11.9 Å². The number of nitrogens with zero attached hydrogens (tertiary/aromatic N) is 4. The normalized spacial score (nSPS) is 21.5. The van der Waals surface area contributed by atoms with E-state index in [1.165, 1.54) is 19.4 Å². The van der Waals surface area contributed by atoms with Gasteiger partial charge in [-0.15, -0.1) is 0 Å². The maximum Gasteiger partial charge on any atom is 0.137 e. The summed E-state index contributed by atoms with van der Waals surface area (Å²) >= 11 is 0. The van der Waals surface area contributed by atoms with Crippen molar-refractivity contribution in [1.82, 2.24) is 14.9 Å². The summed E-state index contributed by atoms with van der Waals surface area (Å²) < 4.78 is 0. The summed E-state index contributed by atoms with van der Waals surface area (Å²) in [4.78, 5) is 13.0. The summed E-state index contributed by atoms with van der Waals surface area (Å²) in [5.74, 6) is 1.53. The minimum Gasteiger partial charge on any atom is -0.383 e. The second-order valence-electron chi connectivity index (χ2n) is 4.88. The van der Waals surface area contributed by atoms with Crippen LogP contribution in [0.2, 0.25) is 0 Å². The third-order valence-corrected chi connectivity index (χ3v) is 3.58. The lowest BCUT2D eigenvalue weighted by Gasteiger charge is -2.37. The highest BCUT2D eigenvalue weighted by atomic mass is 15.2. The van der Waals surface area contributed by atoms with E-state index in [9.17, 15) is 0 Å². The monoisotopic (exact) mass is 235 g/mol. The van der Waals surface area contributed by atoms with E-state index in [1.54, 1.807) is 6.33 Å². The van der Waals surface area contributed by atoms with Crippen LogP contribution in [0, 0.1) is 6.92 Å². The summed E-state index contributed by atoms with van der Waals surface area (Å²) in [6, 6.07) is 0.516. The van der Waals surface area contributed by atoms with Gasteiger partial charge in [0.15, 0.2) is 0 Å². The van der Waals surface area contributed by atoms with E-state index < -0.39 is 0 Å². The third kappa shape index (κ3) is 2.49. The number of hydrogen-bond donors (Lipinski definition) is 1. The largest absolute Gasteiger partial charge is 0.383 e.